The Labute approximate surface area is 198 Å². The molecule has 5 rings (SSSR count). The fourth-order valence-electron chi connectivity index (χ4n) is 4.21. The van der Waals surface area contributed by atoms with Crippen molar-refractivity contribution in [2.45, 2.75) is 38.8 Å². The number of likely N-dealkylation sites (tertiary alicyclic amines) is 1. The summed E-state index contributed by atoms with van der Waals surface area (Å²) in [5.41, 5.74) is 1.38. The lowest BCUT2D eigenvalue weighted by molar-refractivity contribution is 0.0810. The first kappa shape index (κ1) is 22.0. The summed E-state index contributed by atoms with van der Waals surface area (Å²) in [5.74, 6) is 1.36. The molecule has 0 spiro atoms. The van der Waals surface area contributed by atoms with Gasteiger partial charge in [0.25, 0.3) is 5.91 Å². The minimum absolute atomic E-state index is 0.113. The predicted molar refractivity (Wildman–Crippen MR) is 130 cm³/mol. The number of nitrogens with zero attached hydrogens (tertiary/aromatic N) is 4. The number of carbonyl (C=O) groups excluding carboxylic acids is 1. The van der Waals surface area contributed by atoms with Crippen LogP contribution in [0.15, 0.2) is 65.8 Å². The molecule has 1 aliphatic heterocycles. The molecule has 174 valence electrons. The van der Waals surface area contributed by atoms with Crippen LogP contribution in [0.25, 0.3) is 22.1 Å². The standard InChI is InChI=1S/C26H27N5O3/c1-17(2)31-9-6-22(7-10-31)34-25-13-19(5-8-28-25)26(32)30-24-12-21-11-18(23-15-27-16-33-23)3-4-20(21)14-29-24/h3-5,8,11-17,22H,6-7,9-10H2,1-2H3,(H,29,30,32). The average molecular weight is 458 g/mol. The topological polar surface area (TPSA) is 93.4 Å². The maximum atomic E-state index is 12.9. The number of anilines is 1. The molecule has 1 N–H and O–H groups in total. The summed E-state index contributed by atoms with van der Waals surface area (Å²) < 4.78 is 11.5. The number of ether oxygens (including phenoxy) is 1. The zero-order chi connectivity index (χ0) is 23.5. The van der Waals surface area contributed by atoms with Crippen LogP contribution in [-0.4, -0.2) is 51.0 Å². The van der Waals surface area contributed by atoms with E-state index in [1.165, 1.54) is 6.39 Å². The van der Waals surface area contributed by atoms with E-state index < -0.39 is 0 Å². The van der Waals surface area contributed by atoms with Crippen LogP contribution in [0.3, 0.4) is 0 Å². The Morgan fingerprint density at radius 1 is 1.09 bits per heavy atom. The van der Waals surface area contributed by atoms with Gasteiger partial charge >= 0.3 is 0 Å². The van der Waals surface area contributed by atoms with Crippen molar-refractivity contribution in [3.05, 3.63) is 66.9 Å². The maximum Gasteiger partial charge on any atom is 0.257 e. The molecule has 1 aliphatic rings. The first-order valence-corrected chi connectivity index (χ1v) is 11.5. The van der Waals surface area contributed by atoms with Crippen molar-refractivity contribution in [3.8, 4) is 17.2 Å². The highest BCUT2D eigenvalue weighted by Crippen LogP contribution is 2.25. The van der Waals surface area contributed by atoms with Crippen molar-refractivity contribution >= 4 is 22.5 Å². The third-order valence-electron chi connectivity index (χ3n) is 6.17. The number of hydrogen-bond acceptors (Lipinski definition) is 7. The zero-order valence-electron chi connectivity index (χ0n) is 19.3. The van der Waals surface area contributed by atoms with Gasteiger partial charge in [-0.1, -0.05) is 12.1 Å². The van der Waals surface area contributed by atoms with E-state index in [9.17, 15) is 4.79 Å². The zero-order valence-corrected chi connectivity index (χ0v) is 19.3. The van der Waals surface area contributed by atoms with Crippen molar-refractivity contribution in [1.82, 2.24) is 19.9 Å². The summed E-state index contributed by atoms with van der Waals surface area (Å²) in [6.07, 6.45) is 8.42. The summed E-state index contributed by atoms with van der Waals surface area (Å²) in [6, 6.07) is 11.6. The molecule has 0 radical (unpaired) electrons. The number of hydrogen-bond donors (Lipinski definition) is 1. The van der Waals surface area contributed by atoms with E-state index in [2.05, 4.69) is 39.0 Å². The van der Waals surface area contributed by atoms with Crippen molar-refractivity contribution in [1.29, 1.82) is 0 Å². The first-order valence-electron chi connectivity index (χ1n) is 11.5. The second-order valence-electron chi connectivity index (χ2n) is 8.78. The number of amides is 1. The highest BCUT2D eigenvalue weighted by atomic mass is 16.5. The Balaban J connectivity index is 1.27. The third kappa shape index (κ3) is 4.92. The molecule has 0 unspecified atom stereocenters. The van der Waals surface area contributed by atoms with E-state index in [-0.39, 0.29) is 12.0 Å². The number of nitrogens with one attached hydrogen (secondary N) is 1. The molecule has 0 bridgehead atoms. The van der Waals surface area contributed by atoms with Gasteiger partial charge in [-0.3, -0.25) is 4.79 Å². The highest BCUT2D eigenvalue weighted by molar-refractivity contribution is 6.04. The summed E-state index contributed by atoms with van der Waals surface area (Å²) in [6.45, 7) is 6.44. The number of aromatic nitrogens is 3. The molecule has 1 saturated heterocycles. The van der Waals surface area contributed by atoms with Gasteiger partial charge in [0.15, 0.2) is 12.2 Å². The Morgan fingerprint density at radius 2 is 1.94 bits per heavy atom. The van der Waals surface area contributed by atoms with E-state index in [1.807, 2.05) is 24.3 Å². The van der Waals surface area contributed by atoms with E-state index in [0.29, 0.717) is 29.1 Å². The van der Waals surface area contributed by atoms with Crippen LogP contribution in [0.1, 0.15) is 37.0 Å². The van der Waals surface area contributed by atoms with Crippen LogP contribution in [0.2, 0.25) is 0 Å². The van der Waals surface area contributed by atoms with Gasteiger partial charge in [-0.25, -0.2) is 15.0 Å². The number of rotatable bonds is 6. The van der Waals surface area contributed by atoms with Crippen LogP contribution >= 0.6 is 0 Å². The smallest absolute Gasteiger partial charge is 0.257 e. The molecule has 34 heavy (non-hydrogen) atoms. The van der Waals surface area contributed by atoms with Crippen molar-refractivity contribution in [2.24, 2.45) is 0 Å². The molecule has 1 amide bonds. The molecular formula is C26H27N5O3. The molecule has 1 aromatic carbocycles. The monoisotopic (exact) mass is 457 g/mol. The number of carbonyl (C=O) groups is 1. The van der Waals surface area contributed by atoms with Gasteiger partial charge in [-0.15, -0.1) is 0 Å². The van der Waals surface area contributed by atoms with E-state index >= 15 is 0 Å². The molecule has 0 aliphatic carbocycles. The lowest BCUT2D eigenvalue weighted by atomic mass is 10.1. The van der Waals surface area contributed by atoms with Crippen LogP contribution in [0, 0.1) is 0 Å². The van der Waals surface area contributed by atoms with Crippen molar-refractivity contribution in [3.63, 3.8) is 0 Å². The summed E-state index contributed by atoms with van der Waals surface area (Å²) in [7, 11) is 0. The second-order valence-corrected chi connectivity index (χ2v) is 8.78. The second kappa shape index (κ2) is 9.61. The SMILES string of the molecule is CC(C)N1CCC(Oc2cc(C(=O)Nc3cc4cc(-c5cnco5)ccc4cn3)ccn2)CC1. The average Bonchev–Trinajstić information content (AvgIpc) is 3.39. The number of fused-ring (bicyclic) bond motifs is 1. The van der Waals surface area contributed by atoms with Crippen LogP contribution in [0.5, 0.6) is 5.88 Å². The fourth-order valence-corrected chi connectivity index (χ4v) is 4.21. The van der Waals surface area contributed by atoms with Crippen LogP contribution in [0.4, 0.5) is 5.82 Å². The molecule has 4 aromatic rings. The molecule has 0 saturated carbocycles. The third-order valence-corrected chi connectivity index (χ3v) is 6.17. The molecule has 3 aromatic heterocycles. The lowest BCUT2D eigenvalue weighted by Crippen LogP contribution is -2.41. The van der Waals surface area contributed by atoms with Gasteiger partial charge in [0, 0.05) is 54.1 Å². The van der Waals surface area contributed by atoms with Crippen LogP contribution < -0.4 is 10.1 Å². The Bertz CT molecular complexity index is 1280. The van der Waals surface area contributed by atoms with E-state index in [0.717, 1.165) is 42.3 Å². The Hall–Kier alpha value is -3.78. The molecule has 8 heteroatoms. The number of oxazole rings is 1. The highest BCUT2D eigenvalue weighted by Gasteiger charge is 2.22. The lowest BCUT2D eigenvalue weighted by Gasteiger charge is -2.34. The van der Waals surface area contributed by atoms with Gasteiger partial charge in [0.2, 0.25) is 5.88 Å². The van der Waals surface area contributed by atoms with Crippen molar-refractivity contribution < 1.29 is 13.9 Å². The molecule has 0 atom stereocenters. The summed E-state index contributed by atoms with van der Waals surface area (Å²) in [5, 5.41) is 4.78. The molecule has 1 fully saturated rings. The molecule has 4 heterocycles. The largest absolute Gasteiger partial charge is 0.474 e. The van der Waals surface area contributed by atoms with E-state index in [4.69, 9.17) is 9.15 Å². The number of benzene rings is 1. The Morgan fingerprint density at radius 3 is 2.71 bits per heavy atom. The minimum atomic E-state index is -0.264. The fraction of sp³-hybridized carbons (Fsp3) is 0.308. The van der Waals surface area contributed by atoms with Gasteiger partial charge in [0.1, 0.15) is 11.9 Å². The first-order chi connectivity index (χ1) is 16.5. The van der Waals surface area contributed by atoms with Crippen molar-refractivity contribution in [2.75, 3.05) is 18.4 Å². The van der Waals surface area contributed by atoms with E-state index in [1.54, 1.807) is 30.7 Å². The number of piperidine rings is 1. The quantitative estimate of drug-likeness (QED) is 0.445. The summed E-state index contributed by atoms with van der Waals surface area (Å²) in [4.78, 5) is 28.0. The number of pyridine rings is 2. The van der Waals surface area contributed by atoms with Crippen LogP contribution in [-0.2, 0) is 0 Å². The Kier molecular flexibility index (Phi) is 6.22. The maximum absolute atomic E-state index is 12.9. The van der Waals surface area contributed by atoms with Gasteiger partial charge < -0.3 is 19.4 Å². The molecule has 8 nitrogen and oxygen atoms in total. The minimum Gasteiger partial charge on any atom is -0.474 e. The van der Waals surface area contributed by atoms with Gasteiger partial charge in [-0.05, 0) is 50.3 Å². The van der Waals surface area contributed by atoms with Gasteiger partial charge in [-0.2, -0.15) is 0 Å². The normalized spacial score (nSPS) is 15.0. The molecular weight excluding hydrogens is 430 g/mol. The summed E-state index contributed by atoms with van der Waals surface area (Å²) >= 11 is 0. The predicted octanol–water partition coefficient (Wildman–Crippen LogP) is 4.79. The van der Waals surface area contributed by atoms with Gasteiger partial charge in [0.05, 0.1) is 6.20 Å².